The first kappa shape index (κ1) is 22.2. The number of hydrogen-bond donors (Lipinski definition) is 0. The van der Waals surface area contributed by atoms with Gasteiger partial charge in [-0.05, 0) is 11.8 Å². The molecule has 0 atom stereocenters. The molecule has 2 aliphatic rings. The zero-order chi connectivity index (χ0) is 15.8. The molecule has 2 nitrogen and oxygen atoms in total. The van der Waals surface area contributed by atoms with E-state index >= 15 is 0 Å². The van der Waals surface area contributed by atoms with Crippen LogP contribution in [0.3, 0.4) is 0 Å². The molecule has 0 aromatic heterocycles. The Balaban J connectivity index is 0.000000322. The Morgan fingerprint density at radius 3 is 1.29 bits per heavy atom. The van der Waals surface area contributed by atoms with Gasteiger partial charge in [-0.15, -0.1) is 26.2 Å². The fourth-order valence-corrected chi connectivity index (χ4v) is 3.00. The van der Waals surface area contributed by atoms with E-state index in [1.54, 1.807) is 0 Å². The van der Waals surface area contributed by atoms with Gasteiger partial charge < -0.3 is 10.6 Å². The summed E-state index contributed by atoms with van der Waals surface area (Å²) >= 11 is -0.472. The minimum absolute atomic E-state index is 0.472. The normalized spacial score (nSPS) is 20.2. The van der Waals surface area contributed by atoms with Crippen molar-refractivity contribution < 1.29 is 16.5 Å². The predicted octanol–water partition coefficient (Wildman–Crippen LogP) is 6.52. The number of piperidine rings is 2. The number of nitrogens with zero attached hydrogens (tertiary/aromatic N) is 2. The molecule has 0 amide bonds. The van der Waals surface area contributed by atoms with Gasteiger partial charge in [-0.25, -0.2) is 0 Å². The Morgan fingerprint density at radius 2 is 1.05 bits per heavy atom. The van der Waals surface area contributed by atoms with Crippen molar-refractivity contribution in [2.75, 3.05) is 26.2 Å². The summed E-state index contributed by atoms with van der Waals surface area (Å²) in [5.74, 6) is 2.01. The van der Waals surface area contributed by atoms with Crippen LogP contribution in [0.5, 0.6) is 0 Å². The number of rotatable bonds is 4. The molecule has 2 rings (SSSR count). The van der Waals surface area contributed by atoms with E-state index in [-0.39, 0.29) is 0 Å². The van der Waals surface area contributed by atoms with E-state index in [9.17, 15) is 0 Å². The number of halogens is 2. The zero-order valence-corrected chi connectivity index (χ0v) is 17.4. The Kier molecular flexibility index (Phi) is 18.5. The Bertz CT molecular complexity index is 171. The van der Waals surface area contributed by atoms with Gasteiger partial charge in [0.05, 0.1) is 0 Å². The molecule has 0 bridgehead atoms. The van der Waals surface area contributed by atoms with Crippen LogP contribution in [0.4, 0.5) is 0 Å². The van der Waals surface area contributed by atoms with E-state index in [0.717, 1.165) is 38.0 Å². The van der Waals surface area contributed by atoms with Crippen LogP contribution in [0.15, 0.2) is 0 Å². The van der Waals surface area contributed by atoms with E-state index in [2.05, 4.69) is 24.5 Å². The first-order chi connectivity index (χ1) is 10.3. The molecule has 2 heterocycles. The third-order valence-corrected chi connectivity index (χ3v) is 4.18. The zero-order valence-electron chi connectivity index (χ0n) is 13.6. The maximum absolute atomic E-state index is 4.88. The van der Waals surface area contributed by atoms with Crippen molar-refractivity contribution in [2.24, 2.45) is 11.8 Å². The molecule has 2 saturated heterocycles. The quantitative estimate of drug-likeness (QED) is 0.406. The van der Waals surface area contributed by atoms with Gasteiger partial charge in [-0.2, -0.15) is 0 Å². The molecule has 130 valence electrons. The van der Waals surface area contributed by atoms with Gasteiger partial charge in [0.15, 0.2) is 0 Å². The number of hydrogen-bond acceptors (Lipinski definition) is 0. The molecule has 0 unspecified atom stereocenters. The molecule has 0 aromatic rings. The predicted molar refractivity (Wildman–Crippen MR) is 93.2 cm³/mol. The summed E-state index contributed by atoms with van der Waals surface area (Å²) in [5.41, 5.74) is 0. The van der Waals surface area contributed by atoms with Gasteiger partial charge in [0, 0.05) is 0 Å². The van der Waals surface area contributed by atoms with E-state index < -0.39 is 16.5 Å². The van der Waals surface area contributed by atoms with Gasteiger partial charge in [0.1, 0.15) is 0 Å². The second-order valence-electron chi connectivity index (χ2n) is 5.85. The summed E-state index contributed by atoms with van der Waals surface area (Å²) in [6.45, 7) is 9.06. The second kappa shape index (κ2) is 17.5. The summed E-state index contributed by atoms with van der Waals surface area (Å²) in [4.78, 5) is 0. The van der Waals surface area contributed by atoms with Crippen molar-refractivity contribution in [2.45, 2.75) is 65.2 Å². The van der Waals surface area contributed by atoms with Crippen LogP contribution in [0.1, 0.15) is 65.2 Å². The third-order valence-electron chi connectivity index (χ3n) is 4.18. The molecular weight excluding hydrogens is 486 g/mol. The molecule has 2 fully saturated rings. The van der Waals surface area contributed by atoms with Crippen molar-refractivity contribution in [3.8, 4) is 0 Å². The van der Waals surface area contributed by atoms with Gasteiger partial charge in [-0.1, -0.05) is 65.2 Å². The van der Waals surface area contributed by atoms with Gasteiger partial charge in [0.25, 0.3) is 0 Å². The van der Waals surface area contributed by atoms with Crippen LogP contribution in [0.25, 0.3) is 10.6 Å². The molecular formula is C16H32Cl2N2Pt. The third kappa shape index (κ3) is 14.5. The Labute approximate surface area is 148 Å². The minimum atomic E-state index is -0.472. The van der Waals surface area contributed by atoms with Crippen molar-refractivity contribution in [1.82, 2.24) is 0 Å². The van der Waals surface area contributed by atoms with E-state index in [4.69, 9.17) is 18.8 Å². The topological polar surface area (TPSA) is 28.2 Å². The van der Waals surface area contributed by atoms with Crippen LogP contribution in [0, 0.1) is 11.8 Å². The Hall–Kier alpha value is 1.19. The van der Waals surface area contributed by atoms with Crippen LogP contribution >= 0.6 is 18.8 Å². The molecule has 0 aromatic carbocycles. The summed E-state index contributed by atoms with van der Waals surface area (Å²) in [6, 6.07) is 0. The second-order valence-corrected chi connectivity index (χ2v) is 9.13. The average Bonchev–Trinajstić information content (AvgIpc) is 2.52. The summed E-state index contributed by atoms with van der Waals surface area (Å²) in [5, 5.41) is 8.62. The first-order valence-corrected chi connectivity index (χ1v) is 14.0. The fraction of sp³-hybridized carbons (Fsp3) is 1.00. The molecule has 0 spiro atoms. The average molecular weight is 518 g/mol. The molecule has 2 aliphatic heterocycles. The SMILES string of the molecule is CCCC1CC[N-]CC1.CCCC1CC[N-]CC1.[Cl][Pt+2][Cl]. The van der Waals surface area contributed by atoms with Crippen molar-refractivity contribution in [1.29, 1.82) is 0 Å². The molecule has 21 heavy (non-hydrogen) atoms. The van der Waals surface area contributed by atoms with Gasteiger partial charge in [0.2, 0.25) is 0 Å². The van der Waals surface area contributed by atoms with Crippen LogP contribution in [0.2, 0.25) is 0 Å². The van der Waals surface area contributed by atoms with E-state index in [1.807, 2.05) is 0 Å². The van der Waals surface area contributed by atoms with Crippen molar-refractivity contribution >= 4 is 18.8 Å². The molecule has 0 saturated carbocycles. The van der Waals surface area contributed by atoms with Crippen LogP contribution in [-0.2, 0) is 16.5 Å². The van der Waals surface area contributed by atoms with Gasteiger partial charge >= 0.3 is 35.3 Å². The molecule has 0 aliphatic carbocycles. The molecule has 5 heteroatoms. The standard InChI is InChI=1S/2C8H16N.2ClH.Pt/c2*1-2-3-8-4-6-9-7-5-8;;;/h2*8H,2-7H2,1H3;2*1H;/q2*-1;;;+4/p-2. The monoisotopic (exact) mass is 517 g/mol. The molecule has 0 radical (unpaired) electrons. The molecule has 0 N–H and O–H groups in total. The maximum atomic E-state index is 4.88. The first-order valence-electron chi connectivity index (χ1n) is 8.37. The fourth-order valence-electron chi connectivity index (χ4n) is 3.00. The Morgan fingerprint density at radius 1 is 0.762 bits per heavy atom. The van der Waals surface area contributed by atoms with Crippen molar-refractivity contribution in [3.05, 3.63) is 10.6 Å². The van der Waals surface area contributed by atoms with E-state index in [0.29, 0.717) is 0 Å². The van der Waals surface area contributed by atoms with Crippen LogP contribution in [-0.4, -0.2) is 26.2 Å². The summed E-state index contributed by atoms with van der Waals surface area (Å²) < 4.78 is 0. The van der Waals surface area contributed by atoms with Gasteiger partial charge in [-0.3, -0.25) is 0 Å². The summed E-state index contributed by atoms with van der Waals surface area (Å²) in [7, 11) is 9.75. The van der Waals surface area contributed by atoms with Crippen LogP contribution < -0.4 is 0 Å². The summed E-state index contributed by atoms with van der Waals surface area (Å²) in [6.07, 6.45) is 11.0. The van der Waals surface area contributed by atoms with E-state index in [1.165, 1.54) is 51.4 Å². The van der Waals surface area contributed by atoms with Crippen molar-refractivity contribution in [3.63, 3.8) is 0 Å².